The van der Waals surface area contributed by atoms with E-state index in [0.717, 1.165) is 25.9 Å². The van der Waals surface area contributed by atoms with Crippen LogP contribution in [0, 0.1) is 0 Å². The molecule has 1 atom stereocenters. The zero-order valence-corrected chi connectivity index (χ0v) is 7.56. The Morgan fingerprint density at radius 1 is 1.64 bits per heavy atom. The summed E-state index contributed by atoms with van der Waals surface area (Å²) in [5, 5.41) is 15.2. The lowest BCUT2D eigenvalue weighted by Crippen LogP contribution is -2.28. The molecule has 0 saturated carbocycles. The van der Waals surface area contributed by atoms with Crippen LogP contribution < -0.4 is 5.32 Å². The fraction of sp³-hybridized carbons (Fsp3) is 0.625. The normalized spacial score (nSPS) is 22.1. The van der Waals surface area contributed by atoms with Crippen molar-refractivity contribution in [1.29, 1.82) is 0 Å². The van der Waals surface area contributed by atoms with E-state index < -0.39 is 5.97 Å². The standard InChI is InChI=1S/C8H11N3O3/c12-8(13)6-10-7(14-11-6)5-2-1-3-9-4-5/h5,9H,1-4H2,(H,12,13). The first-order chi connectivity index (χ1) is 6.77. The number of nitrogens with one attached hydrogen (secondary N) is 1. The van der Waals surface area contributed by atoms with Crippen LogP contribution in [0.5, 0.6) is 0 Å². The highest BCUT2D eigenvalue weighted by molar-refractivity contribution is 5.82. The minimum Gasteiger partial charge on any atom is -0.475 e. The maximum absolute atomic E-state index is 10.5. The van der Waals surface area contributed by atoms with E-state index in [2.05, 4.69) is 15.5 Å². The van der Waals surface area contributed by atoms with Gasteiger partial charge < -0.3 is 14.9 Å². The molecule has 1 saturated heterocycles. The molecule has 1 aliphatic rings. The monoisotopic (exact) mass is 197 g/mol. The Kier molecular flexibility index (Phi) is 2.45. The molecule has 2 N–H and O–H groups in total. The van der Waals surface area contributed by atoms with E-state index in [1.165, 1.54) is 0 Å². The number of piperidine rings is 1. The molecule has 6 nitrogen and oxygen atoms in total. The van der Waals surface area contributed by atoms with Crippen molar-refractivity contribution in [3.63, 3.8) is 0 Å². The maximum Gasteiger partial charge on any atom is 0.377 e. The van der Waals surface area contributed by atoms with E-state index >= 15 is 0 Å². The van der Waals surface area contributed by atoms with E-state index in [9.17, 15) is 4.79 Å². The predicted molar refractivity (Wildman–Crippen MR) is 46.1 cm³/mol. The molecule has 1 aromatic heterocycles. The molecular weight excluding hydrogens is 186 g/mol. The molecule has 0 bridgehead atoms. The molecule has 1 aromatic rings. The quantitative estimate of drug-likeness (QED) is 0.705. The second-order valence-electron chi connectivity index (χ2n) is 3.30. The summed E-state index contributed by atoms with van der Waals surface area (Å²) in [7, 11) is 0. The fourth-order valence-electron chi connectivity index (χ4n) is 1.55. The van der Waals surface area contributed by atoms with Crippen LogP contribution in [-0.2, 0) is 0 Å². The predicted octanol–water partition coefficient (Wildman–Crippen LogP) is 0.235. The Morgan fingerprint density at radius 3 is 3.07 bits per heavy atom. The molecule has 1 fully saturated rings. The van der Waals surface area contributed by atoms with Crippen molar-refractivity contribution in [2.24, 2.45) is 0 Å². The Balaban J connectivity index is 2.11. The van der Waals surface area contributed by atoms with Crippen LogP contribution in [0.25, 0.3) is 0 Å². The van der Waals surface area contributed by atoms with Crippen molar-refractivity contribution in [1.82, 2.24) is 15.5 Å². The lowest BCUT2D eigenvalue weighted by atomic mass is 10.00. The number of hydrogen-bond acceptors (Lipinski definition) is 5. The first kappa shape index (κ1) is 9.14. The third-order valence-electron chi connectivity index (χ3n) is 2.28. The van der Waals surface area contributed by atoms with E-state index in [1.807, 2.05) is 0 Å². The van der Waals surface area contributed by atoms with Gasteiger partial charge in [-0.05, 0) is 24.5 Å². The fourth-order valence-corrected chi connectivity index (χ4v) is 1.55. The van der Waals surface area contributed by atoms with Crippen LogP contribution in [-0.4, -0.2) is 34.3 Å². The summed E-state index contributed by atoms with van der Waals surface area (Å²) in [6, 6.07) is 0. The van der Waals surface area contributed by atoms with Crippen molar-refractivity contribution in [2.75, 3.05) is 13.1 Å². The summed E-state index contributed by atoms with van der Waals surface area (Å²) in [5.74, 6) is -0.826. The van der Waals surface area contributed by atoms with Crippen molar-refractivity contribution in [3.05, 3.63) is 11.7 Å². The van der Waals surface area contributed by atoms with Crippen LogP contribution in [0.1, 0.15) is 35.3 Å². The number of aromatic nitrogens is 2. The molecule has 2 heterocycles. The first-order valence-electron chi connectivity index (χ1n) is 4.55. The second kappa shape index (κ2) is 3.75. The Labute approximate surface area is 80.3 Å². The third-order valence-corrected chi connectivity index (χ3v) is 2.28. The van der Waals surface area contributed by atoms with E-state index in [0.29, 0.717) is 5.89 Å². The lowest BCUT2D eigenvalue weighted by molar-refractivity contribution is 0.0680. The van der Waals surface area contributed by atoms with Gasteiger partial charge in [0.25, 0.3) is 5.82 Å². The molecule has 0 aromatic carbocycles. The summed E-state index contributed by atoms with van der Waals surface area (Å²) in [4.78, 5) is 14.3. The van der Waals surface area contributed by atoms with Gasteiger partial charge in [-0.25, -0.2) is 4.79 Å². The molecule has 0 spiro atoms. The number of rotatable bonds is 2. The zero-order chi connectivity index (χ0) is 9.97. The van der Waals surface area contributed by atoms with Crippen molar-refractivity contribution in [2.45, 2.75) is 18.8 Å². The van der Waals surface area contributed by atoms with Gasteiger partial charge in [0, 0.05) is 6.54 Å². The van der Waals surface area contributed by atoms with Gasteiger partial charge in [0.2, 0.25) is 5.89 Å². The summed E-state index contributed by atoms with van der Waals surface area (Å²) in [6.45, 7) is 1.78. The molecule has 0 radical (unpaired) electrons. The van der Waals surface area contributed by atoms with E-state index in [-0.39, 0.29) is 11.7 Å². The summed E-state index contributed by atoms with van der Waals surface area (Å²) in [6.07, 6.45) is 2.02. The molecule has 1 aliphatic heterocycles. The summed E-state index contributed by atoms with van der Waals surface area (Å²) in [5.41, 5.74) is 0. The summed E-state index contributed by atoms with van der Waals surface area (Å²) < 4.78 is 4.88. The first-order valence-corrected chi connectivity index (χ1v) is 4.55. The Morgan fingerprint density at radius 2 is 2.50 bits per heavy atom. The highest BCUT2D eigenvalue weighted by Crippen LogP contribution is 2.21. The van der Waals surface area contributed by atoms with Gasteiger partial charge in [-0.2, -0.15) is 4.98 Å². The van der Waals surface area contributed by atoms with Crippen LogP contribution in [0.4, 0.5) is 0 Å². The van der Waals surface area contributed by atoms with Gasteiger partial charge >= 0.3 is 5.97 Å². The number of aromatic carboxylic acids is 1. The molecule has 6 heteroatoms. The second-order valence-corrected chi connectivity index (χ2v) is 3.30. The van der Waals surface area contributed by atoms with Crippen molar-refractivity contribution >= 4 is 5.97 Å². The molecule has 14 heavy (non-hydrogen) atoms. The van der Waals surface area contributed by atoms with Crippen LogP contribution in [0.2, 0.25) is 0 Å². The van der Waals surface area contributed by atoms with E-state index in [1.54, 1.807) is 0 Å². The molecule has 76 valence electrons. The van der Waals surface area contributed by atoms with Crippen molar-refractivity contribution in [3.8, 4) is 0 Å². The summed E-state index contributed by atoms with van der Waals surface area (Å²) >= 11 is 0. The number of carboxylic acids is 1. The van der Waals surface area contributed by atoms with Gasteiger partial charge in [0.1, 0.15) is 0 Å². The average Bonchev–Trinajstić information content (AvgIpc) is 2.68. The van der Waals surface area contributed by atoms with Crippen LogP contribution >= 0.6 is 0 Å². The molecule has 2 rings (SSSR count). The van der Waals surface area contributed by atoms with Gasteiger partial charge in [-0.3, -0.25) is 0 Å². The molecular formula is C8H11N3O3. The van der Waals surface area contributed by atoms with Crippen LogP contribution in [0.3, 0.4) is 0 Å². The lowest BCUT2D eigenvalue weighted by Gasteiger charge is -2.18. The molecule has 0 amide bonds. The largest absolute Gasteiger partial charge is 0.475 e. The number of hydrogen-bond donors (Lipinski definition) is 2. The van der Waals surface area contributed by atoms with Gasteiger partial charge in [0.15, 0.2) is 0 Å². The Hall–Kier alpha value is -1.43. The highest BCUT2D eigenvalue weighted by atomic mass is 16.5. The average molecular weight is 197 g/mol. The number of carbonyl (C=O) groups is 1. The van der Waals surface area contributed by atoms with E-state index in [4.69, 9.17) is 9.63 Å². The molecule has 0 aliphatic carbocycles. The van der Waals surface area contributed by atoms with Gasteiger partial charge in [-0.15, -0.1) is 0 Å². The zero-order valence-electron chi connectivity index (χ0n) is 7.56. The van der Waals surface area contributed by atoms with Gasteiger partial charge in [0.05, 0.1) is 5.92 Å². The number of nitrogens with zero attached hydrogens (tertiary/aromatic N) is 2. The third kappa shape index (κ3) is 1.74. The minimum atomic E-state index is -1.15. The smallest absolute Gasteiger partial charge is 0.377 e. The Bertz CT molecular complexity index is 330. The SMILES string of the molecule is O=C(O)c1noc(C2CCCNC2)n1. The van der Waals surface area contributed by atoms with Crippen LogP contribution in [0.15, 0.2) is 4.52 Å². The number of carboxylic acid groups (broad SMARTS) is 1. The molecule has 1 unspecified atom stereocenters. The van der Waals surface area contributed by atoms with Gasteiger partial charge in [-0.1, -0.05) is 0 Å². The highest BCUT2D eigenvalue weighted by Gasteiger charge is 2.22. The van der Waals surface area contributed by atoms with Crippen molar-refractivity contribution < 1.29 is 14.4 Å². The minimum absolute atomic E-state index is 0.157. The topological polar surface area (TPSA) is 88.2 Å². The maximum atomic E-state index is 10.5.